The summed E-state index contributed by atoms with van der Waals surface area (Å²) in [4.78, 5) is 0. The van der Waals surface area contributed by atoms with Crippen LogP contribution in [0.2, 0.25) is 0 Å². The SMILES string of the molecule is OBc1cc2cc(COCC3CC3)ccc2o1. The molecule has 0 amide bonds. The summed E-state index contributed by atoms with van der Waals surface area (Å²) < 4.78 is 11.1. The van der Waals surface area contributed by atoms with Crippen LogP contribution < -0.4 is 5.66 Å². The molecule has 0 bridgehead atoms. The summed E-state index contributed by atoms with van der Waals surface area (Å²) >= 11 is 0. The van der Waals surface area contributed by atoms with Gasteiger partial charge < -0.3 is 14.2 Å². The molecule has 2 aromatic rings. The molecule has 88 valence electrons. The summed E-state index contributed by atoms with van der Waals surface area (Å²) in [6.07, 6.45) is 2.64. The van der Waals surface area contributed by atoms with E-state index in [0.717, 1.165) is 29.1 Å². The van der Waals surface area contributed by atoms with Gasteiger partial charge in [0.15, 0.2) is 0 Å². The maximum atomic E-state index is 9.00. The van der Waals surface area contributed by atoms with Crippen molar-refractivity contribution < 1.29 is 14.2 Å². The van der Waals surface area contributed by atoms with Crippen molar-refractivity contribution in [2.24, 2.45) is 5.92 Å². The first kappa shape index (κ1) is 10.9. The molecule has 1 aromatic heterocycles. The van der Waals surface area contributed by atoms with Gasteiger partial charge in [-0.3, -0.25) is 0 Å². The van der Waals surface area contributed by atoms with E-state index in [1.807, 2.05) is 18.2 Å². The molecule has 1 aromatic carbocycles. The van der Waals surface area contributed by atoms with Crippen LogP contribution in [0, 0.1) is 5.92 Å². The number of hydrogen-bond acceptors (Lipinski definition) is 3. The minimum Gasteiger partial charge on any atom is -0.468 e. The lowest BCUT2D eigenvalue weighted by Gasteiger charge is -2.02. The fourth-order valence-corrected chi connectivity index (χ4v) is 1.94. The first-order valence-electron chi connectivity index (χ1n) is 6.05. The molecule has 4 heteroatoms. The Morgan fingerprint density at radius 1 is 1.35 bits per heavy atom. The predicted molar refractivity (Wildman–Crippen MR) is 67.6 cm³/mol. The van der Waals surface area contributed by atoms with Crippen molar-refractivity contribution in [2.75, 3.05) is 6.61 Å². The van der Waals surface area contributed by atoms with Crippen molar-refractivity contribution in [2.45, 2.75) is 19.4 Å². The van der Waals surface area contributed by atoms with E-state index in [4.69, 9.17) is 14.2 Å². The van der Waals surface area contributed by atoms with Crippen molar-refractivity contribution >= 4 is 24.1 Å². The van der Waals surface area contributed by atoms with E-state index in [-0.39, 0.29) is 7.48 Å². The number of rotatable bonds is 5. The Morgan fingerprint density at radius 3 is 3.00 bits per heavy atom. The molecule has 17 heavy (non-hydrogen) atoms. The molecule has 1 heterocycles. The topological polar surface area (TPSA) is 42.6 Å². The molecule has 3 nitrogen and oxygen atoms in total. The van der Waals surface area contributed by atoms with Crippen molar-refractivity contribution in [3.05, 3.63) is 29.8 Å². The molecule has 1 aliphatic carbocycles. The van der Waals surface area contributed by atoms with E-state index in [2.05, 4.69) is 6.07 Å². The molecule has 0 spiro atoms. The molecular formula is C13H15BO3. The average Bonchev–Trinajstić information content (AvgIpc) is 3.07. The van der Waals surface area contributed by atoms with Crippen LogP contribution in [0.25, 0.3) is 11.0 Å². The molecule has 1 aliphatic rings. The van der Waals surface area contributed by atoms with Crippen LogP contribution in [0.3, 0.4) is 0 Å². The largest absolute Gasteiger partial charge is 0.468 e. The lowest BCUT2D eigenvalue weighted by molar-refractivity contribution is 0.111. The molecule has 1 saturated carbocycles. The highest BCUT2D eigenvalue weighted by molar-refractivity contribution is 6.44. The van der Waals surface area contributed by atoms with Gasteiger partial charge in [0.05, 0.1) is 12.3 Å². The quantitative estimate of drug-likeness (QED) is 0.788. The van der Waals surface area contributed by atoms with Crippen LogP contribution in [-0.2, 0) is 11.3 Å². The monoisotopic (exact) mass is 230 g/mol. The Hall–Kier alpha value is -1.26. The van der Waals surface area contributed by atoms with Gasteiger partial charge in [0.1, 0.15) is 5.58 Å². The number of hydrogen-bond donors (Lipinski definition) is 1. The number of furan rings is 1. The van der Waals surface area contributed by atoms with Gasteiger partial charge in [0.25, 0.3) is 0 Å². The summed E-state index contributed by atoms with van der Waals surface area (Å²) in [5.74, 6) is 0.800. The Morgan fingerprint density at radius 2 is 2.24 bits per heavy atom. The van der Waals surface area contributed by atoms with Gasteiger partial charge in [-0.15, -0.1) is 0 Å². The third kappa shape index (κ3) is 2.53. The molecule has 0 radical (unpaired) electrons. The molecule has 0 saturated heterocycles. The maximum Gasteiger partial charge on any atom is 0.347 e. The highest BCUT2D eigenvalue weighted by atomic mass is 16.5. The zero-order valence-electron chi connectivity index (χ0n) is 9.69. The van der Waals surface area contributed by atoms with Crippen LogP contribution >= 0.6 is 0 Å². The molecular weight excluding hydrogens is 215 g/mol. The van der Waals surface area contributed by atoms with E-state index in [1.54, 1.807) is 0 Å². The molecule has 0 aliphatic heterocycles. The molecule has 1 N–H and O–H groups in total. The van der Waals surface area contributed by atoms with Gasteiger partial charge in [-0.05, 0) is 42.5 Å². The fourth-order valence-electron chi connectivity index (χ4n) is 1.94. The summed E-state index contributed by atoms with van der Waals surface area (Å²) in [6.45, 7) is 1.54. The number of fused-ring (bicyclic) bond motifs is 1. The van der Waals surface area contributed by atoms with Gasteiger partial charge >= 0.3 is 7.48 Å². The lowest BCUT2D eigenvalue weighted by Crippen LogP contribution is -2.08. The zero-order chi connectivity index (χ0) is 11.7. The standard InChI is InChI=1S/C13H15BO3/c15-14-13-6-11-5-10(3-4-12(11)17-13)8-16-7-9-1-2-9/h3-6,9,14-15H,1-2,7-8H2. The third-order valence-corrected chi connectivity index (χ3v) is 3.11. The highest BCUT2D eigenvalue weighted by Crippen LogP contribution is 2.29. The van der Waals surface area contributed by atoms with Crippen molar-refractivity contribution in [1.29, 1.82) is 0 Å². The first-order valence-corrected chi connectivity index (χ1v) is 6.05. The first-order chi connectivity index (χ1) is 8.35. The second kappa shape index (κ2) is 4.55. The van der Waals surface area contributed by atoms with Gasteiger partial charge in [-0.25, -0.2) is 0 Å². The highest BCUT2D eigenvalue weighted by Gasteiger charge is 2.21. The Labute approximate surface area is 101 Å². The molecule has 3 rings (SSSR count). The number of benzene rings is 1. The normalized spacial score (nSPS) is 15.4. The van der Waals surface area contributed by atoms with Crippen LogP contribution in [0.4, 0.5) is 0 Å². The van der Waals surface area contributed by atoms with E-state index in [1.165, 1.54) is 12.8 Å². The minimum atomic E-state index is -0.0534. The van der Waals surface area contributed by atoms with Crippen LogP contribution in [0.1, 0.15) is 18.4 Å². The lowest BCUT2D eigenvalue weighted by atomic mass is 9.98. The maximum absolute atomic E-state index is 9.00. The van der Waals surface area contributed by atoms with E-state index in [9.17, 15) is 0 Å². The fraction of sp³-hybridized carbons (Fsp3) is 0.385. The Bertz CT molecular complexity index is 516. The van der Waals surface area contributed by atoms with Crippen molar-refractivity contribution in [1.82, 2.24) is 0 Å². The van der Waals surface area contributed by atoms with Crippen LogP contribution in [0.5, 0.6) is 0 Å². The van der Waals surface area contributed by atoms with Gasteiger partial charge in [-0.2, -0.15) is 0 Å². The van der Waals surface area contributed by atoms with E-state index >= 15 is 0 Å². The zero-order valence-corrected chi connectivity index (χ0v) is 9.69. The van der Waals surface area contributed by atoms with Gasteiger partial charge in [0, 0.05) is 12.0 Å². The summed E-state index contributed by atoms with van der Waals surface area (Å²) in [5.41, 5.74) is 2.58. The van der Waals surface area contributed by atoms with Gasteiger partial charge in [0.2, 0.25) is 0 Å². The smallest absolute Gasteiger partial charge is 0.347 e. The van der Waals surface area contributed by atoms with E-state index in [0.29, 0.717) is 12.3 Å². The predicted octanol–water partition coefficient (Wildman–Crippen LogP) is 1.33. The summed E-state index contributed by atoms with van der Waals surface area (Å²) in [5, 5.41) is 10.0. The molecule has 0 unspecified atom stereocenters. The number of ether oxygens (including phenoxy) is 1. The van der Waals surface area contributed by atoms with Crippen molar-refractivity contribution in [3.8, 4) is 0 Å². The minimum absolute atomic E-state index is 0.0534. The van der Waals surface area contributed by atoms with E-state index < -0.39 is 0 Å². The van der Waals surface area contributed by atoms with Crippen LogP contribution in [0.15, 0.2) is 28.7 Å². The second-order valence-corrected chi connectivity index (χ2v) is 4.70. The molecule has 1 fully saturated rings. The summed E-state index contributed by atoms with van der Waals surface area (Å²) in [7, 11) is -0.0534. The third-order valence-electron chi connectivity index (χ3n) is 3.11. The van der Waals surface area contributed by atoms with Crippen molar-refractivity contribution in [3.63, 3.8) is 0 Å². The summed E-state index contributed by atoms with van der Waals surface area (Å²) in [6, 6.07) is 7.88. The van der Waals surface area contributed by atoms with Gasteiger partial charge in [-0.1, -0.05) is 6.07 Å². The Balaban J connectivity index is 1.70. The second-order valence-electron chi connectivity index (χ2n) is 4.70. The Kier molecular flexibility index (Phi) is 2.91. The molecule has 0 atom stereocenters. The average molecular weight is 230 g/mol. The van der Waals surface area contributed by atoms with Crippen LogP contribution in [-0.4, -0.2) is 19.1 Å².